The van der Waals surface area contributed by atoms with Gasteiger partial charge in [-0.3, -0.25) is 4.79 Å². The summed E-state index contributed by atoms with van der Waals surface area (Å²) in [7, 11) is 0. The van der Waals surface area contributed by atoms with Crippen LogP contribution in [0.3, 0.4) is 0 Å². The number of carbonyl (C=O) groups is 1. The summed E-state index contributed by atoms with van der Waals surface area (Å²) in [6, 6.07) is 8.04. The molecule has 0 aromatic heterocycles. The number of carbonyl (C=O) groups excluding carboxylic acids is 1. The molecule has 1 aromatic carbocycles. The molecule has 0 saturated carbocycles. The van der Waals surface area contributed by atoms with E-state index in [1.807, 2.05) is 40.9 Å². The predicted octanol–water partition coefficient (Wildman–Crippen LogP) is 3.42. The number of amides is 1. The van der Waals surface area contributed by atoms with E-state index in [1.54, 1.807) is 0 Å². The average Bonchev–Trinajstić information content (AvgIpc) is 2.78. The second-order valence-corrected chi connectivity index (χ2v) is 6.08. The molecule has 2 nitrogen and oxygen atoms in total. The monoisotopic (exact) mass is 313 g/mol. The third-order valence-corrected chi connectivity index (χ3v) is 4.33. The highest BCUT2D eigenvalue weighted by atomic mass is 79.9. The topological polar surface area (TPSA) is 20.3 Å². The van der Waals surface area contributed by atoms with Crippen LogP contribution in [0.5, 0.6) is 0 Å². The van der Waals surface area contributed by atoms with Gasteiger partial charge in [0.25, 0.3) is 5.91 Å². The van der Waals surface area contributed by atoms with Gasteiger partial charge in [0, 0.05) is 28.4 Å². The standard InChI is InChI=1S/C13H16BrNOS/c1-17-9-12-3-2-8-15(12)13(16)10-4-6-11(14)7-5-10/h4-7,12H,2-3,8-9H2,1H3/t12-/m0/s1. The number of hydrogen-bond acceptors (Lipinski definition) is 2. The van der Waals surface area contributed by atoms with Gasteiger partial charge in [-0.15, -0.1) is 0 Å². The number of thioether (sulfide) groups is 1. The minimum absolute atomic E-state index is 0.175. The van der Waals surface area contributed by atoms with E-state index in [1.165, 1.54) is 0 Å². The van der Waals surface area contributed by atoms with E-state index in [2.05, 4.69) is 22.2 Å². The van der Waals surface area contributed by atoms with E-state index in [0.29, 0.717) is 6.04 Å². The fourth-order valence-electron chi connectivity index (χ4n) is 2.23. The van der Waals surface area contributed by atoms with Gasteiger partial charge in [-0.25, -0.2) is 0 Å². The van der Waals surface area contributed by atoms with Gasteiger partial charge in [0.1, 0.15) is 0 Å². The molecule has 0 spiro atoms. The minimum atomic E-state index is 0.175. The van der Waals surface area contributed by atoms with Crippen LogP contribution in [0.2, 0.25) is 0 Å². The molecule has 17 heavy (non-hydrogen) atoms. The van der Waals surface area contributed by atoms with Gasteiger partial charge in [0.05, 0.1) is 0 Å². The second-order valence-electron chi connectivity index (χ2n) is 4.26. The quantitative estimate of drug-likeness (QED) is 0.852. The zero-order valence-corrected chi connectivity index (χ0v) is 12.3. The van der Waals surface area contributed by atoms with Gasteiger partial charge in [-0.1, -0.05) is 15.9 Å². The fourth-order valence-corrected chi connectivity index (χ4v) is 3.22. The zero-order valence-electron chi connectivity index (χ0n) is 9.86. The Morgan fingerprint density at radius 3 is 2.82 bits per heavy atom. The van der Waals surface area contributed by atoms with E-state index < -0.39 is 0 Å². The molecule has 1 heterocycles. The number of likely N-dealkylation sites (tertiary alicyclic amines) is 1. The Kier molecular flexibility index (Phi) is 4.51. The molecule has 1 aliphatic rings. The lowest BCUT2D eigenvalue weighted by Crippen LogP contribution is -2.36. The van der Waals surface area contributed by atoms with E-state index >= 15 is 0 Å². The van der Waals surface area contributed by atoms with Crippen molar-refractivity contribution >= 4 is 33.6 Å². The lowest BCUT2D eigenvalue weighted by molar-refractivity contribution is 0.0750. The molecular formula is C13H16BrNOS. The Bertz CT molecular complexity index is 393. The Balaban J connectivity index is 2.11. The zero-order chi connectivity index (χ0) is 12.3. The molecule has 1 fully saturated rings. The number of nitrogens with zero attached hydrogens (tertiary/aromatic N) is 1. The van der Waals surface area contributed by atoms with E-state index in [9.17, 15) is 4.79 Å². The highest BCUT2D eigenvalue weighted by Crippen LogP contribution is 2.23. The molecule has 1 atom stereocenters. The number of rotatable bonds is 3. The highest BCUT2D eigenvalue weighted by Gasteiger charge is 2.28. The van der Waals surface area contributed by atoms with Crippen molar-refractivity contribution in [2.75, 3.05) is 18.6 Å². The van der Waals surface area contributed by atoms with Crippen molar-refractivity contribution in [2.45, 2.75) is 18.9 Å². The summed E-state index contributed by atoms with van der Waals surface area (Å²) >= 11 is 5.20. The van der Waals surface area contributed by atoms with Crippen LogP contribution in [0, 0.1) is 0 Å². The fraction of sp³-hybridized carbons (Fsp3) is 0.462. The van der Waals surface area contributed by atoms with Crippen LogP contribution in [0.25, 0.3) is 0 Å². The van der Waals surface area contributed by atoms with Gasteiger partial charge < -0.3 is 4.90 Å². The summed E-state index contributed by atoms with van der Waals surface area (Å²) in [5, 5.41) is 0. The largest absolute Gasteiger partial charge is 0.335 e. The van der Waals surface area contributed by atoms with Crippen molar-refractivity contribution < 1.29 is 4.79 Å². The Hall–Kier alpha value is -0.480. The van der Waals surface area contributed by atoms with Crippen LogP contribution in [0.4, 0.5) is 0 Å². The van der Waals surface area contributed by atoms with E-state index in [-0.39, 0.29) is 5.91 Å². The van der Waals surface area contributed by atoms with Crippen LogP contribution in [0.1, 0.15) is 23.2 Å². The predicted molar refractivity (Wildman–Crippen MR) is 76.6 cm³/mol. The molecule has 0 bridgehead atoms. The first-order valence-corrected chi connectivity index (χ1v) is 7.96. The minimum Gasteiger partial charge on any atom is -0.335 e. The Morgan fingerprint density at radius 1 is 1.47 bits per heavy atom. The van der Waals surface area contributed by atoms with E-state index in [0.717, 1.165) is 35.2 Å². The molecule has 92 valence electrons. The van der Waals surface area contributed by atoms with Crippen LogP contribution in [-0.4, -0.2) is 35.4 Å². The SMILES string of the molecule is CSC[C@@H]1CCCN1C(=O)c1ccc(Br)cc1. The van der Waals surface area contributed by atoms with Crippen molar-refractivity contribution in [3.8, 4) is 0 Å². The summed E-state index contributed by atoms with van der Waals surface area (Å²) in [4.78, 5) is 14.4. The number of benzene rings is 1. The van der Waals surface area contributed by atoms with Crippen molar-refractivity contribution in [1.29, 1.82) is 0 Å². The molecule has 4 heteroatoms. The molecular weight excluding hydrogens is 298 g/mol. The molecule has 1 amide bonds. The van der Waals surface area contributed by atoms with Crippen LogP contribution in [-0.2, 0) is 0 Å². The maximum absolute atomic E-state index is 12.3. The number of hydrogen-bond donors (Lipinski definition) is 0. The van der Waals surface area contributed by atoms with E-state index in [4.69, 9.17) is 0 Å². The molecule has 0 unspecified atom stereocenters. The third-order valence-electron chi connectivity index (χ3n) is 3.09. The van der Waals surface area contributed by atoms with Crippen LogP contribution in [0.15, 0.2) is 28.7 Å². The smallest absolute Gasteiger partial charge is 0.254 e. The molecule has 0 radical (unpaired) electrons. The lowest BCUT2D eigenvalue weighted by atomic mass is 10.2. The maximum Gasteiger partial charge on any atom is 0.254 e. The first kappa shape index (κ1) is 13.0. The molecule has 0 aliphatic carbocycles. The Morgan fingerprint density at radius 2 is 2.18 bits per heavy atom. The first-order chi connectivity index (χ1) is 8.22. The molecule has 1 saturated heterocycles. The molecule has 2 rings (SSSR count). The molecule has 1 aromatic rings. The van der Waals surface area contributed by atoms with Crippen molar-refractivity contribution in [3.05, 3.63) is 34.3 Å². The summed E-state index contributed by atoms with van der Waals surface area (Å²) in [5.74, 6) is 1.22. The van der Waals surface area contributed by atoms with Crippen molar-refractivity contribution in [3.63, 3.8) is 0 Å². The summed E-state index contributed by atoms with van der Waals surface area (Å²) in [6.45, 7) is 0.903. The maximum atomic E-state index is 12.3. The summed E-state index contributed by atoms with van der Waals surface area (Å²) < 4.78 is 1.01. The lowest BCUT2D eigenvalue weighted by Gasteiger charge is -2.24. The normalized spacial score (nSPS) is 19.6. The third kappa shape index (κ3) is 3.05. The van der Waals surface area contributed by atoms with Gasteiger partial charge >= 0.3 is 0 Å². The average molecular weight is 314 g/mol. The summed E-state index contributed by atoms with van der Waals surface area (Å²) in [6.07, 6.45) is 4.37. The van der Waals surface area contributed by atoms with Gasteiger partial charge in [0.15, 0.2) is 0 Å². The second kappa shape index (κ2) is 5.91. The van der Waals surface area contributed by atoms with Crippen LogP contribution >= 0.6 is 27.7 Å². The molecule has 0 N–H and O–H groups in total. The highest BCUT2D eigenvalue weighted by molar-refractivity contribution is 9.10. The van der Waals surface area contributed by atoms with Crippen molar-refractivity contribution in [1.82, 2.24) is 4.90 Å². The molecule has 1 aliphatic heterocycles. The first-order valence-electron chi connectivity index (χ1n) is 5.78. The number of halogens is 1. The van der Waals surface area contributed by atoms with Crippen LogP contribution < -0.4 is 0 Å². The van der Waals surface area contributed by atoms with Gasteiger partial charge in [-0.2, -0.15) is 11.8 Å². The van der Waals surface area contributed by atoms with Gasteiger partial charge in [-0.05, 0) is 43.4 Å². The van der Waals surface area contributed by atoms with Crippen molar-refractivity contribution in [2.24, 2.45) is 0 Å². The summed E-state index contributed by atoms with van der Waals surface area (Å²) in [5.41, 5.74) is 0.793. The van der Waals surface area contributed by atoms with Gasteiger partial charge in [0.2, 0.25) is 0 Å². The Labute approximate surface area is 115 Å².